The smallest absolute Gasteiger partial charge is 0.306 e. The molecule has 1 amide bonds. The first-order valence-corrected chi connectivity index (χ1v) is 17.9. The van der Waals surface area contributed by atoms with Crippen LogP contribution in [0.15, 0.2) is 122 Å². The number of amides is 1. The Morgan fingerprint density at radius 3 is 2.02 bits per heavy atom. The molecule has 56 heavy (non-hydrogen) atoms. The zero-order valence-electron chi connectivity index (χ0n) is 30.6. The van der Waals surface area contributed by atoms with Gasteiger partial charge in [0.15, 0.2) is 17.0 Å². The van der Waals surface area contributed by atoms with E-state index in [-0.39, 0.29) is 37.6 Å². The number of aromatic nitrogens is 4. The van der Waals surface area contributed by atoms with E-state index in [0.717, 1.165) is 16.7 Å². The number of nitrogens with zero attached hydrogens (tertiary/aromatic N) is 4. The molecule has 2 aromatic heterocycles. The second-order valence-corrected chi connectivity index (χ2v) is 13.0. The van der Waals surface area contributed by atoms with Gasteiger partial charge in [-0.25, -0.2) is 15.0 Å². The Labute approximate surface area is 322 Å². The summed E-state index contributed by atoms with van der Waals surface area (Å²) in [6.07, 6.45) is -0.118. The SMILES string of the molecule is COc1ccc(C(OCC2OC(n3cnc4c(NC(=O)c5ccccc5)ncnc43)CC2OC(=O)CCC(=O)O)(c2ccccc2)c2ccc(OC)cc2)cc1. The Kier molecular flexibility index (Phi) is 11.3. The number of nitrogens with one attached hydrogen (secondary N) is 1. The number of hydrogen-bond acceptors (Lipinski definition) is 11. The van der Waals surface area contributed by atoms with Gasteiger partial charge in [0.25, 0.3) is 5.91 Å². The van der Waals surface area contributed by atoms with Gasteiger partial charge in [0.05, 0.1) is 40.0 Å². The quantitative estimate of drug-likeness (QED) is 0.0903. The van der Waals surface area contributed by atoms with E-state index in [1.807, 2.05) is 84.9 Å². The summed E-state index contributed by atoms with van der Waals surface area (Å²) in [4.78, 5) is 50.5. The molecule has 286 valence electrons. The molecule has 1 aliphatic heterocycles. The standard InChI is InChI=1S/C42H39N5O9/c1-52-31-17-13-29(14-18-31)42(28-11-7-4-8-12-28,30-15-19-32(53-2)20-16-30)54-24-34-33(56-37(50)22-21-36(48)49)23-35(55-34)47-26-45-38-39(43-25-44-40(38)47)46-41(51)27-9-5-3-6-10-27/h3-20,25-26,33-35H,21-24H2,1-2H3,(H,48,49)(H,43,44,46,51). The van der Waals surface area contributed by atoms with Gasteiger partial charge < -0.3 is 34.1 Å². The van der Waals surface area contributed by atoms with Gasteiger partial charge in [0.1, 0.15) is 41.9 Å². The van der Waals surface area contributed by atoms with Crippen molar-refractivity contribution >= 4 is 34.8 Å². The number of carboxylic acids is 1. The molecule has 4 aromatic carbocycles. The third-order valence-corrected chi connectivity index (χ3v) is 9.58. The van der Waals surface area contributed by atoms with E-state index >= 15 is 0 Å². The first-order chi connectivity index (χ1) is 27.3. The zero-order chi connectivity index (χ0) is 39.1. The summed E-state index contributed by atoms with van der Waals surface area (Å²) in [5, 5.41) is 12.0. The molecule has 1 aliphatic rings. The molecule has 3 atom stereocenters. The van der Waals surface area contributed by atoms with Crippen molar-refractivity contribution in [3.05, 3.63) is 144 Å². The Morgan fingerprint density at radius 2 is 1.41 bits per heavy atom. The number of hydrogen-bond donors (Lipinski definition) is 2. The topological polar surface area (TPSA) is 173 Å². The predicted octanol–water partition coefficient (Wildman–Crippen LogP) is 6.17. The first kappa shape index (κ1) is 37.7. The lowest BCUT2D eigenvalue weighted by molar-refractivity contribution is -0.157. The molecular formula is C42H39N5O9. The molecule has 0 aliphatic carbocycles. The van der Waals surface area contributed by atoms with E-state index in [9.17, 15) is 19.5 Å². The van der Waals surface area contributed by atoms with Crippen LogP contribution in [0.3, 0.4) is 0 Å². The van der Waals surface area contributed by atoms with E-state index in [4.69, 9.17) is 23.7 Å². The minimum atomic E-state index is -1.19. The number of aliphatic carboxylic acids is 1. The maximum atomic E-state index is 13.0. The van der Waals surface area contributed by atoms with Gasteiger partial charge in [-0.1, -0.05) is 72.8 Å². The summed E-state index contributed by atoms with van der Waals surface area (Å²) < 4.78 is 32.3. The highest BCUT2D eigenvalue weighted by atomic mass is 16.6. The van der Waals surface area contributed by atoms with E-state index in [2.05, 4.69) is 20.3 Å². The number of carbonyl (C=O) groups excluding carboxylic acids is 2. The monoisotopic (exact) mass is 757 g/mol. The van der Waals surface area contributed by atoms with Crippen LogP contribution in [0.4, 0.5) is 5.82 Å². The molecule has 0 bridgehead atoms. The van der Waals surface area contributed by atoms with Crippen molar-refractivity contribution < 1.29 is 43.2 Å². The number of methoxy groups -OCH3 is 2. The number of carbonyl (C=O) groups is 3. The number of rotatable bonds is 15. The van der Waals surface area contributed by atoms with E-state index < -0.39 is 36.0 Å². The average Bonchev–Trinajstić information content (AvgIpc) is 3.86. The first-order valence-electron chi connectivity index (χ1n) is 17.9. The Morgan fingerprint density at radius 1 is 0.804 bits per heavy atom. The average molecular weight is 758 g/mol. The molecule has 3 unspecified atom stereocenters. The molecule has 6 aromatic rings. The molecular weight excluding hydrogens is 718 g/mol. The highest BCUT2D eigenvalue weighted by molar-refractivity contribution is 6.06. The molecule has 0 radical (unpaired) electrons. The minimum absolute atomic E-state index is 0.0691. The maximum Gasteiger partial charge on any atom is 0.306 e. The van der Waals surface area contributed by atoms with Crippen LogP contribution in [0.25, 0.3) is 11.2 Å². The zero-order valence-corrected chi connectivity index (χ0v) is 30.6. The Balaban J connectivity index is 1.23. The van der Waals surface area contributed by atoms with E-state index in [1.165, 1.54) is 12.7 Å². The molecule has 14 nitrogen and oxygen atoms in total. The fourth-order valence-electron chi connectivity index (χ4n) is 6.79. The summed E-state index contributed by atoms with van der Waals surface area (Å²) >= 11 is 0. The second kappa shape index (κ2) is 16.8. The summed E-state index contributed by atoms with van der Waals surface area (Å²) in [7, 11) is 3.20. The van der Waals surface area contributed by atoms with Crippen LogP contribution in [0, 0.1) is 0 Å². The normalized spacial score (nSPS) is 16.6. The van der Waals surface area contributed by atoms with Crippen LogP contribution in [-0.4, -0.2) is 75.5 Å². The third-order valence-electron chi connectivity index (χ3n) is 9.58. The van der Waals surface area contributed by atoms with Crippen molar-refractivity contribution in [3.8, 4) is 11.5 Å². The Hall–Kier alpha value is -6.64. The summed E-state index contributed by atoms with van der Waals surface area (Å²) in [6.45, 7) is -0.0691. The van der Waals surface area contributed by atoms with Crippen molar-refractivity contribution in [1.29, 1.82) is 0 Å². The van der Waals surface area contributed by atoms with Gasteiger partial charge >= 0.3 is 11.9 Å². The number of imidazole rings is 1. The van der Waals surface area contributed by atoms with Crippen molar-refractivity contribution in [2.75, 3.05) is 26.1 Å². The van der Waals surface area contributed by atoms with Crippen LogP contribution in [0.2, 0.25) is 0 Å². The van der Waals surface area contributed by atoms with Gasteiger partial charge in [-0.05, 0) is 53.1 Å². The largest absolute Gasteiger partial charge is 0.497 e. The second-order valence-electron chi connectivity index (χ2n) is 13.0. The van der Waals surface area contributed by atoms with Crippen LogP contribution >= 0.6 is 0 Å². The number of ether oxygens (including phenoxy) is 5. The van der Waals surface area contributed by atoms with Gasteiger partial charge in [-0.2, -0.15) is 0 Å². The molecule has 2 N–H and O–H groups in total. The maximum absolute atomic E-state index is 13.0. The van der Waals surface area contributed by atoms with Gasteiger partial charge in [0, 0.05) is 12.0 Å². The van der Waals surface area contributed by atoms with Crippen LogP contribution in [-0.2, 0) is 29.4 Å². The van der Waals surface area contributed by atoms with Crippen molar-refractivity contribution in [2.24, 2.45) is 0 Å². The minimum Gasteiger partial charge on any atom is -0.497 e. The molecule has 7 rings (SSSR count). The Bertz CT molecular complexity index is 2240. The molecule has 14 heteroatoms. The van der Waals surface area contributed by atoms with Crippen LogP contribution in [0.1, 0.15) is 52.5 Å². The van der Waals surface area contributed by atoms with Crippen LogP contribution in [0.5, 0.6) is 11.5 Å². The van der Waals surface area contributed by atoms with Gasteiger partial charge in [-0.3, -0.25) is 19.0 Å². The molecule has 1 saturated heterocycles. The fourth-order valence-corrected chi connectivity index (χ4v) is 6.79. The van der Waals surface area contributed by atoms with Crippen molar-refractivity contribution in [3.63, 3.8) is 0 Å². The summed E-state index contributed by atoms with van der Waals surface area (Å²) in [5.74, 6) is -0.620. The molecule has 0 saturated carbocycles. The number of fused-ring (bicyclic) bond motifs is 1. The van der Waals surface area contributed by atoms with E-state index in [1.54, 1.807) is 43.1 Å². The highest BCUT2D eigenvalue weighted by Crippen LogP contribution is 2.43. The van der Waals surface area contributed by atoms with Crippen molar-refractivity contribution in [2.45, 2.75) is 43.3 Å². The fraction of sp³-hybridized carbons (Fsp3) is 0.238. The van der Waals surface area contributed by atoms with Crippen LogP contribution < -0.4 is 14.8 Å². The van der Waals surface area contributed by atoms with Gasteiger partial charge in [0.2, 0.25) is 0 Å². The van der Waals surface area contributed by atoms with Gasteiger partial charge in [-0.15, -0.1) is 0 Å². The summed E-state index contributed by atoms with van der Waals surface area (Å²) in [6, 6.07) is 33.6. The lowest BCUT2D eigenvalue weighted by atomic mass is 9.80. The molecule has 0 spiro atoms. The number of esters is 1. The van der Waals surface area contributed by atoms with Crippen molar-refractivity contribution in [1.82, 2.24) is 19.5 Å². The number of benzene rings is 4. The molecule has 3 heterocycles. The lowest BCUT2D eigenvalue weighted by Crippen LogP contribution is -2.39. The third kappa shape index (κ3) is 7.92. The lowest BCUT2D eigenvalue weighted by Gasteiger charge is -2.37. The summed E-state index contributed by atoms with van der Waals surface area (Å²) in [5.41, 5.74) is 2.37. The number of anilines is 1. The molecule has 1 fully saturated rings. The number of carboxylic acid groups (broad SMARTS) is 1. The predicted molar refractivity (Wildman–Crippen MR) is 203 cm³/mol. The highest BCUT2D eigenvalue weighted by Gasteiger charge is 2.44. The van der Waals surface area contributed by atoms with E-state index in [0.29, 0.717) is 28.2 Å².